The van der Waals surface area contributed by atoms with Crippen LogP contribution in [0.5, 0.6) is 0 Å². The van der Waals surface area contributed by atoms with Crippen LogP contribution in [0, 0.1) is 11.8 Å². The second-order valence-corrected chi connectivity index (χ2v) is 10.6. The molecule has 7 atom stereocenters. The van der Waals surface area contributed by atoms with Gasteiger partial charge in [-0.3, -0.25) is 14.4 Å². The summed E-state index contributed by atoms with van der Waals surface area (Å²) in [5, 5.41) is 16.3. The molecular weight excluding hydrogens is 502 g/mol. The van der Waals surface area contributed by atoms with Crippen LogP contribution in [-0.2, 0) is 19.1 Å². The van der Waals surface area contributed by atoms with Crippen LogP contribution in [0.1, 0.15) is 51.1 Å². The van der Waals surface area contributed by atoms with E-state index in [9.17, 15) is 19.5 Å². The van der Waals surface area contributed by atoms with E-state index < -0.39 is 35.6 Å². The molecule has 0 radical (unpaired) electrons. The number of likely N-dealkylation sites (tertiary alicyclic amines) is 1. The summed E-state index contributed by atoms with van der Waals surface area (Å²) in [5.74, 6) is -2.29. The zero-order valence-corrected chi connectivity index (χ0v) is 21.3. The van der Waals surface area contributed by atoms with E-state index in [2.05, 4.69) is 26.6 Å². The minimum absolute atomic E-state index is 0.149. The van der Waals surface area contributed by atoms with Gasteiger partial charge in [0.05, 0.1) is 30.6 Å². The highest BCUT2D eigenvalue weighted by Gasteiger charge is 2.77. The lowest BCUT2D eigenvalue weighted by atomic mass is 9.70. The minimum atomic E-state index is -1.12. The van der Waals surface area contributed by atoms with Crippen LogP contribution in [0.2, 0.25) is 0 Å². The molecule has 3 heterocycles. The normalized spacial score (nSPS) is 32.5. The molecule has 8 nitrogen and oxygen atoms in total. The highest BCUT2D eigenvalue weighted by molar-refractivity contribution is 9.09. The maximum absolute atomic E-state index is 14.0. The van der Waals surface area contributed by atoms with Crippen LogP contribution in [0.25, 0.3) is 0 Å². The summed E-state index contributed by atoms with van der Waals surface area (Å²) < 4.78 is 6.47. The highest BCUT2D eigenvalue weighted by Crippen LogP contribution is 2.61. The van der Waals surface area contributed by atoms with E-state index in [1.165, 1.54) is 4.90 Å². The number of rotatable bonds is 10. The number of carbonyl (C=O) groups is 3. The Bertz CT molecular complexity index is 915. The smallest absolute Gasteiger partial charge is 0.245 e. The van der Waals surface area contributed by atoms with Gasteiger partial charge in [0.15, 0.2) is 0 Å². The third-order valence-corrected chi connectivity index (χ3v) is 8.19. The fraction of sp³-hybridized carbons (Fsp3) is 0.640. The van der Waals surface area contributed by atoms with Gasteiger partial charge < -0.3 is 25.4 Å². The Morgan fingerprint density at radius 1 is 1.18 bits per heavy atom. The Hall–Kier alpha value is -1.97. The minimum Gasteiger partial charge on any atom is -0.394 e. The third-order valence-electron chi connectivity index (χ3n) is 7.35. The molecule has 0 aromatic heterocycles. The number of nitrogens with zero attached hydrogens (tertiary/aromatic N) is 1. The van der Waals surface area contributed by atoms with Gasteiger partial charge in [-0.15, -0.1) is 0 Å². The van der Waals surface area contributed by atoms with E-state index in [0.717, 1.165) is 24.8 Å². The molecule has 3 aliphatic rings. The van der Waals surface area contributed by atoms with Crippen LogP contribution in [0.3, 0.4) is 0 Å². The largest absolute Gasteiger partial charge is 0.394 e. The van der Waals surface area contributed by atoms with Gasteiger partial charge in [0, 0.05) is 17.9 Å². The van der Waals surface area contributed by atoms with Gasteiger partial charge in [0.2, 0.25) is 17.7 Å². The molecule has 1 spiro atoms. The van der Waals surface area contributed by atoms with Crippen LogP contribution < -0.4 is 10.6 Å². The van der Waals surface area contributed by atoms with Crippen molar-refractivity contribution >= 4 is 33.7 Å². The maximum atomic E-state index is 14.0. The summed E-state index contributed by atoms with van der Waals surface area (Å²) in [5.41, 5.74) is -0.388. The summed E-state index contributed by atoms with van der Waals surface area (Å²) in [4.78, 5) is 42.2. The van der Waals surface area contributed by atoms with E-state index in [1.807, 2.05) is 44.2 Å². The van der Waals surface area contributed by atoms with Crippen molar-refractivity contribution in [3.8, 4) is 0 Å². The standard InChI is InChI=1S/C25H34BrN3O5/c1-3-5-12-28-23(32)21-25-13-16(26)20(34-25)18(22(31)27-11-4-2)19(25)24(33)29(21)17(14-30)15-9-7-6-8-10-15/h6-10,16-21,30H,3-5,11-14H2,1-2H3,(H,27,31)(H,28,32)/t16?,17-,18-,19+,20-,21?,25?/m1/s1. The fourth-order valence-corrected chi connectivity index (χ4v) is 6.83. The predicted molar refractivity (Wildman–Crippen MR) is 130 cm³/mol. The Balaban J connectivity index is 1.76. The number of fused-ring (bicyclic) bond motifs is 1. The molecule has 1 aromatic carbocycles. The van der Waals surface area contributed by atoms with Crippen molar-refractivity contribution in [1.82, 2.24) is 15.5 Å². The number of aliphatic hydroxyl groups is 1. The van der Waals surface area contributed by atoms with Crippen molar-refractivity contribution in [2.75, 3.05) is 19.7 Å². The van der Waals surface area contributed by atoms with Gasteiger partial charge in [0.25, 0.3) is 0 Å². The summed E-state index contributed by atoms with van der Waals surface area (Å²) in [6, 6.07) is 7.56. The second kappa shape index (κ2) is 10.3. The van der Waals surface area contributed by atoms with Gasteiger partial charge in [-0.25, -0.2) is 0 Å². The molecule has 3 aliphatic heterocycles. The van der Waals surface area contributed by atoms with E-state index >= 15 is 0 Å². The Morgan fingerprint density at radius 2 is 1.88 bits per heavy atom. The zero-order valence-electron chi connectivity index (χ0n) is 19.7. The number of hydrogen-bond donors (Lipinski definition) is 3. The molecule has 34 heavy (non-hydrogen) atoms. The van der Waals surface area contributed by atoms with Gasteiger partial charge in [-0.2, -0.15) is 0 Å². The molecule has 1 aromatic rings. The molecular formula is C25H34BrN3O5. The summed E-state index contributed by atoms with van der Waals surface area (Å²) in [6.07, 6.45) is 2.48. The number of aliphatic hydroxyl groups excluding tert-OH is 1. The molecule has 2 bridgehead atoms. The van der Waals surface area contributed by atoms with Crippen LogP contribution >= 0.6 is 15.9 Å². The van der Waals surface area contributed by atoms with Crippen molar-refractivity contribution in [3.63, 3.8) is 0 Å². The third kappa shape index (κ3) is 4.05. The molecule has 3 saturated heterocycles. The fourth-order valence-electron chi connectivity index (χ4n) is 5.88. The first-order valence-electron chi connectivity index (χ1n) is 12.3. The second-order valence-electron chi connectivity index (χ2n) is 9.45. The topological polar surface area (TPSA) is 108 Å². The van der Waals surface area contributed by atoms with Crippen molar-refractivity contribution in [2.45, 2.75) is 68.1 Å². The number of alkyl halides is 1. The summed E-state index contributed by atoms with van der Waals surface area (Å²) >= 11 is 3.67. The van der Waals surface area contributed by atoms with Crippen LogP contribution in [0.4, 0.5) is 0 Å². The average molecular weight is 536 g/mol. The average Bonchev–Trinajstić information content (AvgIpc) is 3.43. The zero-order chi connectivity index (χ0) is 24.5. The molecule has 0 saturated carbocycles. The predicted octanol–water partition coefficient (Wildman–Crippen LogP) is 1.91. The lowest BCUT2D eigenvalue weighted by Crippen LogP contribution is -2.56. The Kier molecular flexibility index (Phi) is 7.64. The molecule has 3 N–H and O–H groups in total. The van der Waals surface area contributed by atoms with Crippen molar-refractivity contribution in [3.05, 3.63) is 35.9 Å². The summed E-state index contributed by atoms with van der Waals surface area (Å²) in [6.45, 7) is 4.67. The quantitative estimate of drug-likeness (QED) is 0.313. The Labute approximate surface area is 208 Å². The molecule has 3 unspecified atom stereocenters. The highest BCUT2D eigenvalue weighted by atomic mass is 79.9. The molecule has 3 amide bonds. The van der Waals surface area contributed by atoms with Gasteiger partial charge >= 0.3 is 0 Å². The lowest BCUT2D eigenvalue weighted by molar-refractivity contribution is -0.145. The number of carbonyl (C=O) groups excluding carboxylic acids is 3. The van der Waals surface area contributed by atoms with E-state index in [0.29, 0.717) is 19.5 Å². The van der Waals surface area contributed by atoms with Gasteiger partial charge in [-0.1, -0.05) is 66.5 Å². The first-order chi connectivity index (χ1) is 16.4. The summed E-state index contributed by atoms with van der Waals surface area (Å²) in [7, 11) is 0. The van der Waals surface area contributed by atoms with E-state index in [-0.39, 0.29) is 29.2 Å². The number of benzene rings is 1. The first kappa shape index (κ1) is 25.1. The van der Waals surface area contributed by atoms with Crippen LogP contribution in [0.15, 0.2) is 30.3 Å². The molecule has 186 valence electrons. The number of halogens is 1. The number of unbranched alkanes of at least 4 members (excludes halogenated alkanes) is 1. The van der Waals surface area contributed by atoms with E-state index in [4.69, 9.17) is 4.74 Å². The SMILES string of the molecule is CCCCNC(=O)C1N([C@H](CO)c2ccccc2)C(=O)[C@@H]2[C@@H](C(=O)NCCC)[C@@H]3OC12CC3Br. The van der Waals surface area contributed by atoms with Gasteiger partial charge in [0.1, 0.15) is 11.6 Å². The van der Waals surface area contributed by atoms with Crippen molar-refractivity contribution in [1.29, 1.82) is 0 Å². The monoisotopic (exact) mass is 535 g/mol. The maximum Gasteiger partial charge on any atom is 0.245 e. The van der Waals surface area contributed by atoms with Crippen molar-refractivity contribution in [2.24, 2.45) is 11.8 Å². The molecule has 0 aliphatic carbocycles. The molecule has 3 fully saturated rings. The molecule has 9 heteroatoms. The van der Waals surface area contributed by atoms with Gasteiger partial charge in [-0.05, 0) is 24.8 Å². The van der Waals surface area contributed by atoms with Crippen LogP contribution in [-0.4, -0.2) is 70.0 Å². The number of nitrogens with one attached hydrogen (secondary N) is 2. The number of ether oxygens (including phenoxy) is 1. The van der Waals surface area contributed by atoms with Crippen molar-refractivity contribution < 1.29 is 24.2 Å². The first-order valence-corrected chi connectivity index (χ1v) is 13.2. The van der Waals surface area contributed by atoms with E-state index in [1.54, 1.807) is 0 Å². The lowest BCUT2D eigenvalue weighted by Gasteiger charge is -2.37. The molecule has 4 rings (SSSR count). The number of hydrogen-bond acceptors (Lipinski definition) is 5. The number of amides is 3. The Morgan fingerprint density at radius 3 is 2.53 bits per heavy atom.